The summed E-state index contributed by atoms with van der Waals surface area (Å²) in [7, 11) is 0. The van der Waals surface area contributed by atoms with Gasteiger partial charge in [-0.3, -0.25) is 24.1 Å². The lowest BCUT2D eigenvalue weighted by atomic mass is 10.1. The van der Waals surface area contributed by atoms with Gasteiger partial charge in [0, 0.05) is 44.6 Å². The summed E-state index contributed by atoms with van der Waals surface area (Å²) >= 11 is 0. The maximum absolute atomic E-state index is 11.6. The van der Waals surface area contributed by atoms with Crippen LogP contribution >= 0.6 is 0 Å². The molecular weight excluding hydrogens is 298 g/mol. The maximum Gasteiger partial charge on any atom is 0.253 e. The first-order chi connectivity index (χ1) is 10.9. The second-order valence-corrected chi connectivity index (χ2v) is 5.90. The van der Waals surface area contributed by atoms with Gasteiger partial charge in [-0.2, -0.15) is 0 Å². The Balaban J connectivity index is 2.03. The summed E-state index contributed by atoms with van der Waals surface area (Å²) in [6.07, 6.45) is 4.46. The molecule has 1 rings (SSSR count). The number of nitrogens with one attached hydrogen (secondary N) is 2. The molecule has 0 aromatic heterocycles. The summed E-state index contributed by atoms with van der Waals surface area (Å²) in [6.45, 7) is 5.13. The van der Waals surface area contributed by atoms with E-state index in [1.807, 2.05) is 0 Å². The zero-order valence-electron chi connectivity index (χ0n) is 13.8. The molecule has 4 amide bonds. The summed E-state index contributed by atoms with van der Waals surface area (Å²) in [4.78, 5) is 46.8. The first-order valence-electron chi connectivity index (χ1n) is 7.97. The predicted octanol–water partition coefficient (Wildman–Crippen LogP) is 0.360. The van der Waals surface area contributed by atoms with Gasteiger partial charge in [-0.05, 0) is 18.8 Å². The Hall–Kier alpha value is -2.18. The van der Waals surface area contributed by atoms with Crippen molar-refractivity contribution in [3.63, 3.8) is 0 Å². The van der Waals surface area contributed by atoms with E-state index in [4.69, 9.17) is 0 Å². The number of nitrogens with zero attached hydrogens (tertiary/aromatic N) is 1. The van der Waals surface area contributed by atoms with Crippen LogP contribution in [0.15, 0.2) is 12.2 Å². The number of imide groups is 1. The van der Waals surface area contributed by atoms with Gasteiger partial charge in [0.1, 0.15) is 0 Å². The van der Waals surface area contributed by atoms with E-state index < -0.39 is 0 Å². The third-order valence-electron chi connectivity index (χ3n) is 3.40. The summed E-state index contributed by atoms with van der Waals surface area (Å²) in [6, 6.07) is 0. The number of hydrogen-bond acceptors (Lipinski definition) is 4. The Kier molecular flexibility index (Phi) is 8.01. The van der Waals surface area contributed by atoms with Gasteiger partial charge in [0.2, 0.25) is 11.8 Å². The van der Waals surface area contributed by atoms with Crippen molar-refractivity contribution in [2.75, 3.05) is 19.6 Å². The third kappa shape index (κ3) is 7.58. The van der Waals surface area contributed by atoms with E-state index in [9.17, 15) is 19.2 Å². The predicted molar refractivity (Wildman–Crippen MR) is 85.2 cm³/mol. The average Bonchev–Trinajstić information content (AvgIpc) is 2.81. The molecule has 0 aromatic carbocycles. The molecule has 0 bridgehead atoms. The molecule has 0 aromatic rings. The van der Waals surface area contributed by atoms with Gasteiger partial charge in [0.15, 0.2) is 0 Å². The highest BCUT2D eigenvalue weighted by Gasteiger charge is 2.22. The van der Waals surface area contributed by atoms with Crippen molar-refractivity contribution in [2.24, 2.45) is 5.92 Å². The SMILES string of the molecule is CC(C)CCC(=O)NCCNC(=O)CCCN1C(=O)C=CC1=O. The van der Waals surface area contributed by atoms with Crippen molar-refractivity contribution >= 4 is 23.6 Å². The zero-order valence-corrected chi connectivity index (χ0v) is 13.8. The smallest absolute Gasteiger partial charge is 0.253 e. The first-order valence-corrected chi connectivity index (χ1v) is 7.97. The lowest BCUT2D eigenvalue weighted by Gasteiger charge is -2.13. The van der Waals surface area contributed by atoms with Crippen LogP contribution in [-0.2, 0) is 19.2 Å². The zero-order chi connectivity index (χ0) is 17.2. The molecule has 1 heterocycles. The van der Waals surface area contributed by atoms with E-state index in [0.717, 1.165) is 11.3 Å². The Morgan fingerprint density at radius 1 is 1.00 bits per heavy atom. The molecule has 0 saturated heterocycles. The van der Waals surface area contributed by atoms with Gasteiger partial charge in [-0.15, -0.1) is 0 Å². The molecule has 0 fully saturated rings. The van der Waals surface area contributed by atoms with E-state index in [1.165, 1.54) is 12.2 Å². The maximum atomic E-state index is 11.6. The van der Waals surface area contributed by atoms with Gasteiger partial charge in [0.25, 0.3) is 11.8 Å². The van der Waals surface area contributed by atoms with Crippen LogP contribution in [0.2, 0.25) is 0 Å². The minimum Gasteiger partial charge on any atom is -0.354 e. The van der Waals surface area contributed by atoms with Crippen molar-refractivity contribution in [1.82, 2.24) is 15.5 Å². The van der Waals surface area contributed by atoms with Crippen molar-refractivity contribution in [2.45, 2.75) is 39.5 Å². The average molecular weight is 323 g/mol. The number of rotatable bonds is 10. The molecule has 0 spiro atoms. The monoisotopic (exact) mass is 323 g/mol. The second kappa shape index (κ2) is 9.76. The fourth-order valence-electron chi connectivity index (χ4n) is 2.05. The minimum atomic E-state index is -0.334. The largest absolute Gasteiger partial charge is 0.354 e. The third-order valence-corrected chi connectivity index (χ3v) is 3.40. The van der Waals surface area contributed by atoms with Gasteiger partial charge in [0.05, 0.1) is 0 Å². The Morgan fingerprint density at radius 2 is 1.52 bits per heavy atom. The number of hydrogen-bond donors (Lipinski definition) is 2. The van der Waals surface area contributed by atoms with Gasteiger partial charge >= 0.3 is 0 Å². The molecule has 0 aliphatic carbocycles. The topological polar surface area (TPSA) is 95.6 Å². The fraction of sp³-hybridized carbons (Fsp3) is 0.625. The molecule has 7 nitrogen and oxygen atoms in total. The highest BCUT2D eigenvalue weighted by atomic mass is 16.2. The van der Waals surface area contributed by atoms with Gasteiger partial charge < -0.3 is 10.6 Å². The second-order valence-electron chi connectivity index (χ2n) is 5.90. The van der Waals surface area contributed by atoms with Crippen LogP contribution in [0.1, 0.15) is 39.5 Å². The lowest BCUT2D eigenvalue weighted by molar-refractivity contribution is -0.137. The van der Waals surface area contributed by atoms with Crippen LogP contribution in [0.3, 0.4) is 0 Å². The van der Waals surface area contributed by atoms with Crippen molar-refractivity contribution < 1.29 is 19.2 Å². The molecule has 0 atom stereocenters. The number of carbonyl (C=O) groups is 4. The van der Waals surface area contributed by atoms with Crippen LogP contribution in [0.25, 0.3) is 0 Å². The van der Waals surface area contributed by atoms with Crippen LogP contribution in [0, 0.1) is 5.92 Å². The highest BCUT2D eigenvalue weighted by Crippen LogP contribution is 2.05. The van der Waals surface area contributed by atoms with Crippen molar-refractivity contribution in [1.29, 1.82) is 0 Å². The Labute approximate surface area is 136 Å². The van der Waals surface area contributed by atoms with Crippen LogP contribution in [0.4, 0.5) is 0 Å². The quantitative estimate of drug-likeness (QED) is 0.448. The minimum absolute atomic E-state index is 0.00786. The molecule has 2 N–H and O–H groups in total. The molecule has 1 aliphatic heterocycles. The first kappa shape index (κ1) is 18.9. The summed E-state index contributed by atoms with van der Waals surface area (Å²) in [5.41, 5.74) is 0. The molecular formula is C16H25N3O4. The normalized spacial score (nSPS) is 13.8. The molecule has 1 aliphatic rings. The highest BCUT2D eigenvalue weighted by molar-refractivity contribution is 6.12. The molecule has 0 unspecified atom stereocenters. The van der Waals surface area contributed by atoms with E-state index >= 15 is 0 Å². The molecule has 0 radical (unpaired) electrons. The van der Waals surface area contributed by atoms with E-state index in [1.54, 1.807) is 0 Å². The van der Waals surface area contributed by atoms with Crippen LogP contribution < -0.4 is 10.6 Å². The molecule has 7 heteroatoms. The number of amides is 4. The van der Waals surface area contributed by atoms with Gasteiger partial charge in [-0.1, -0.05) is 13.8 Å². The van der Waals surface area contributed by atoms with E-state index in [0.29, 0.717) is 31.8 Å². The van der Waals surface area contributed by atoms with Crippen molar-refractivity contribution in [3.05, 3.63) is 12.2 Å². The van der Waals surface area contributed by atoms with E-state index in [-0.39, 0.29) is 36.6 Å². The summed E-state index contributed by atoms with van der Waals surface area (Å²) in [5.74, 6) is -0.343. The molecule has 0 saturated carbocycles. The van der Waals surface area contributed by atoms with Crippen LogP contribution in [0.5, 0.6) is 0 Å². The summed E-state index contributed by atoms with van der Waals surface area (Å²) in [5, 5.41) is 5.44. The van der Waals surface area contributed by atoms with Crippen LogP contribution in [-0.4, -0.2) is 48.2 Å². The standard InChI is InChI=1S/C16H25N3O4/c1-12(2)5-6-14(21)18-10-9-17-13(20)4-3-11-19-15(22)7-8-16(19)23/h7-8,12H,3-6,9-11H2,1-2H3,(H,17,20)(H,18,21). The van der Waals surface area contributed by atoms with Crippen molar-refractivity contribution in [3.8, 4) is 0 Å². The number of carbonyl (C=O) groups excluding carboxylic acids is 4. The van der Waals surface area contributed by atoms with Gasteiger partial charge in [-0.25, -0.2) is 0 Å². The Bertz CT molecular complexity index is 468. The fourth-order valence-corrected chi connectivity index (χ4v) is 2.05. The molecule has 23 heavy (non-hydrogen) atoms. The Morgan fingerprint density at radius 3 is 2.04 bits per heavy atom. The van der Waals surface area contributed by atoms with E-state index in [2.05, 4.69) is 24.5 Å². The summed E-state index contributed by atoms with van der Waals surface area (Å²) < 4.78 is 0. The lowest BCUT2D eigenvalue weighted by Crippen LogP contribution is -2.35. The molecule has 128 valence electrons.